The average molecular weight is 439 g/mol. The van der Waals surface area contributed by atoms with Crippen LogP contribution in [0.2, 0.25) is 0 Å². The van der Waals surface area contributed by atoms with Crippen molar-refractivity contribution < 1.29 is 4.42 Å². The Morgan fingerprint density at radius 2 is 1.00 bits per heavy atom. The zero-order chi connectivity index (χ0) is 23.1. The summed E-state index contributed by atoms with van der Waals surface area (Å²) in [5, 5.41) is 2.31. The van der Waals surface area contributed by atoms with Gasteiger partial charge in [-0.15, -0.1) is 0 Å². The summed E-state index contributed by atoms with van der Waals surface area (Å²) in [6.07, 6.45) is 0. The molecule has 0 aliphatic carbocycles. The van der Waals surface area contributed by atoms with E-state index in [4.69, 9.17) is 4.42 Å². The van der Waals surface area contributed by atoms with E-state index >= 15 is 0 Å². The third-order valence-electron chi connectivity index (χ3n) is 6.66. The lowest BCUT2D eigenvalue weighted by atomic mass is 9.92. The molecule has 1 heterocycles. The molecule has 0 aliphatic heterocycles. The van der Waals surface area contributed by atoms with Crippen molar-refractivity contribution >= 4 is 21.9 Å². The van der Waals surface area contributed by atoms with E-state index < -0.39 is 0 Å². The summed E-state index contributed by atoms with van der Waals surface area (Å²) in [7, 11) is 0. The molecular weight excluding hydrogens is 412 g/mol. The lowest BCUT2D eigenvalue weighted by Gasteiger charge is -2.12. The van der Waals surface area contributed by atoms with E-state index in [0.29, 0.717) is 5.92 Å². The zero-order valence-corrected chi connectivity index (χ0v) is 19.5. The minimum Gasteiger partial charge on any atom is -0.456 e. The molecule has 5 aromatic carbocycles. The maximum atomic E-state index is 6.06. The van der Waals surface area contributed by atoms with Crippen molar-refractivity contribution in [3.8, 4) is 33.4 Å². The van der Waals surface area contributed by atoms with Gasteiger partial charge in [-0.2, -0.15) is 0 Å². The van der Waals surface area contributed by atoms with E-state index in [-0.39, 0.29) is 0 Å². The van der Waals surface area contributed by atoms with Gasteiger partial charge in [-0.3, -0.25) is 0 Å². The third-order valence-corrected chi connectivity index (χ3v) is 6.66. The van der Waals surface area contributed by atoms with E-state index in [9.17, 15) is 0 Å². The highest BCUT2D eigenvalue weighted by Crippen LogP contribution is 2.36. The Morgan fingerprint density at radius 3 is 1.71 bits per heavy atom. The molecule has 0 atom stereocenters. The molecule has 6 aromatic rings. The largest absolute Gasteiger partial charge is 0.456 e. The summed E-state index contributed by atoms with van der Waals surface area (Å²) >= 11 is 0. The Bertz CT molecular complexity index is 1600. The van der Waals surface area contributed by atoms with Crippen molar-refractivity contribution in [3.05, 3.63) is 121 Å². The highest BCUT2D eigenvalue weighted by molar-refractivity contribution is 6.06. The lowest BCUT2D eigenvalue weighted by Crippen LogP contribution is -1.89. The van der Waals surface area contributed by atoms with Crippen LogP contribution in [0.4, 0.5) is 0 Å². The van der Waals surface area contributed by atoms with E-state index in [1.807, 2.05) is 12.1 Å². The second-order valence-corrected chi connectivity index (χ2v) is 9.25. The van der Waals surface area contributed by atoms with Crippen LogP contribution in [0.25, 0.3) is 55.3 Å². The van der Waals surface area contributed by atoms with Crippen LogP contribution in [0.5, 0.6) is 0 Å². The monoisotopic (exact) mass is 438 g/mol. The summed E-state index contributed by atoms with van der Waals surface area (Å²) in [6.45, 7) is 4.47. The van der Waals surface area contributed by atoms with Crippen molar-refractivity contribution in [2.24, 2.45) is 0 Å². The Balaban J connectivity index is 1.53. The fourth-order valence-corrected chi connectivity index (χ4v) is 4.72. The number of benzene rings is 5. The topological polar surface area (TPSA) is 13.1 Å². The molecular formula is C33H26O. The number of rotatable bonds is 4. The number of hydrogen-bond acceptors (Lipinski definition) is 1. The molecule has 164 valence electrons. The molecule has 0 bridgehead atoms. The van der Waals surface area contributed by atoms with Crippen molar-refractivity contribution in [1.29, 1.82) is 0 Å². The molecule has 0 saturated heterocycles. The van der Waals surface area contributed by atoms with Crippen molar-refractivity contribution in [3.63, 3.8) is 0 Å². The van der Waals surface area contributed by atoms with Crippen LogP contribution >= 0.6 is 0 Å². The SMILES string of the molecule is CC(C)c1ccc(-c2cc(-c3ccccc3)cc(-c3ccc4oc5ccccc5c4c3)c2)cc1. The molecule has 34 heavy (non-hydrogen) atoms. The number of furan rings is 1. The Kier molecular flexibility index (Phi) is 5.04. The summed E-state index contributed by atoms with van der Waals surface area (Å²) in [6, 6.07) is 41.3. The van der Waals surface area contributed by atoms with Gasteiger partial charge in [-0.05, 0) is 81.3 Å². The first-order valence-corrected chi connectivity index (χ1v) is 11.9. The van der Waals surface area contributed by atoms with E-state index in [2.05, 4.69) is 117 Å². The molecule has 0 aliphatic rings. The first kappa shape index (κ1) is 20.5. The van der Waals surface area contributed by atoms with E-state index in [0.717, 1.165) is 21.9 Å². The Morgan fingerprint density at radius 1 is 0.441 bits per heavy atom. The first-order chi connectivity index (χ1) is 16.7. The molecule has 1 nitrogen and oxygen atoms in total. The van der Waals surface area contributed by atoms with Gasteiger partial charge in [-0.1, -0.05) is 92.7 Å². The van der Waals surface area contributed by atoms with E-state index in [1.165, 1.54) is 38.9 Å². The highest BCUT2D eigenvalue weighted by atomic mass is 16.3. The summed E-state index contributed by atoms with van der Waals surface area (Å²) in [4.78, 5) is 0. The van der Waals surface area contributed by atoms with Gasteiger partial charge in [-0.25, -0.2) is 0 Å². The molecule has 1 heteroatoms. The van der Waals surface area contributed by atoms with Crippen LogP contribution in [0.1, 0.15) is 25.3 Å². The maximum absolute atomic E-state index is 6.06. The molecule has 1 aromatic heterocycles. The Hall–Kier alpha value is -4.10. The summed E-state index contributed by atoms with van der Waals surface area (Å²) in [5.74, 6) is 0.525. The Labute approximate surface area is 200 Å². The van der Waals surface area contributed by atoms with Gasteiger partial charge >= 0.3 is 0 Å². The average Bonchev–Trinajstić information content (AvgIpc) is 3.27. The number of fused-ring (bicyclic) bond motifs is 3. The smallest absolute Gasteiger partial charge is 0.135 e. The molecule has 0 radical (unpaired) electrons. The molecule has 0 amide bonds. The standard InChI is InChI=1S/C33H26O/c1-22(2)23-12-14-25(15-13-23)28-18-27(24-8-4-3-5-9-24)19-29(20-28)26-16-17-33-31(21-26)30-10-6-7-11-32(30)34-33/h3-22H,1-2H3. The minimum atomic E-state index is 0.525. The summed E-state index contributed by atoms with van der Waals surface area (Å²) in [5.41, 5.74) is 10.5. The molecule has 6 rings (SSSR count). The number of hydrogen-bond donors (Lipinski definition) is 0. The van der Waals surface area contributed by atoms with Gasteiger partial charge in [0, 0.05) is 10.8 Å². The van der Waals surface area contributed by atoms with Crippen LogP contribution in [0.3, 0.4) is 0 Å². The predicted octanol–water partition coefficient (Wildman–Crippen LogP) is 9.71. The highest BCUT2D eigenvalue weighted by Gasteiger charge is 2.11. The number of para-hydroxylation sites is 1. The van der Waals surface area contributed by atoms with Crippen LogP contribution in [-0.2, 0) is 0 Å². The maximum Gasteiger partial charge on any atom is 0.135 e. The fourth-order valence-electron chi connectivity index (χ4n) is 4.72. The van der Waals surface area contributed by atoms with E-state index in [1.54, 1.807) is 0 Å². The van der Waals surface area contributed by atoms with Gasteiger partial charge in [0.1, 0.15) is 11.2 Å². The van der Waals surface area contributed by atoms with Crippen molar-refractivity contribution in [1.82, 2.24) is 0 Å². The van der Waals surface area contributed by atoms with Crippen LogP contribution < -0.4 is 0 Å². The predicted molar refractivity (Wildman–Crippen MR) is 144 cm³/mol. The van der Waals surface area contributed by atoms with Crippen molar-refractivity contribution in [2.75, 3.05) is 0 Å². The fraction of sp³-hybridized carbons (Fsp3) is 0.0909. The lowest BCUT2D eigenvalue weighted by molar-refractivity contribution is 0.669. The van der Waals surface area contributed by atoms with Crippen LogP contribution in [-0.4, -0.2) is 0 Å². The van der Waals surface area contributed by atoms with Crippen molar-refractivity contribution in [2.45, 2.75) is 19.8 Å². The molecule has 0 saturated carbocycles. The van der Waals surface area contributed by atoms with Gasteiger partial charge in [0.15, 0.2) is 0 Å². The van der Waals surface area contributed by atoms with Crippen LogP contribution in [0, 0.1) is 0 Å². The normalized spacial score (nSPS) is 11.5. The van der Waals surface area contributed by atoms with Gasteiger partial charge in [0.2, 0.25) is 0 Å². The molecule has 0 spiro atoms. The third kappa shape index (κ3) is 3.70. The second kappa shape index (κ2) is 8.35. The zero-order valence-electron chi connectivity index (χ0n) is 19.5. The first-order valence-electron chi connectivity index (χ1n) is 11.9. The van der Waals surface area contributed by atoms with Gasteiger partial charge < -0.3 is 4.42 Å². The minimum absolute atomic E-state index is 0.525. The molecule has 0 N–H and O–H groups in total. The molecule has 0 unspecified atom stereocenters. The van der Waals surface area contributed by atoms with Crippen LogP contribution in [0.15, 0.2) is 120 Å². The second-order valence-electron chi connectivity index (χ2n) is 9.25. The van der Waals surface area contributed by atoms with Gasteiger partial charge in [0.25, 0.3) is 0 Å². The quantitative estimate of drug-likeness (QED) is 0.267. The molecule has 0 fully saturated rings. The summed E-state index contributed by atoms with van der Waals surface area (Å²) < 4.78 is 6.06. The van der Waals surface area contributed by atoms with Gasteiger partial charge in [0.05, 0.1) is 0 Å².